The highest BCUT2D eigenvalue weighted by Crippen LogP contribution is 2.42. The van der Waals surface area contributed by atoms with Crippen molar-refractivity contribution in [3.63, 3.8) is 0 Å². The van der Waals surface area contributed by atoms with Crippen molar-refractivity contribution in [1.82, 2.24) is 10.6 Å². The van der Waals surface area contributed by atoms with E-state index in [4.69, 9.17) is 0 Å². The molecule has 6 nitrogen and oxygen atoms in total. The molecule has 1 aliphatic carbocycles. The van der Waals surface area contributed by atoms with Crippen LogP contribution in [0.5, 0.6) is 0 Å². The average molecular weight is 771 g/mol. The van der Waals surface area contributed by atoms with Gasteiger partial charge in [0, 0.05) is 25.7 Å². The summed E-state index contributed by atoms with van der Waals surface area (Å²) < 4.78 is 0. The number of amides is 2. The molecule has 6 heteroatoms. The van der Waals surface area contributed by atoms with Gasteiger partial charge in [-0.25, -0.2) is 0 Å². The molecular formula is C52H54N2O4. The Balaban J connectivity index is 1.28. The van der Waals surface area contributed by atoms with Crippen molar-refractivity contribution < 1.29 is 19.8 Å². The van der Waals surface area contributed by atoms with Gasteiger partial charge in [-0.2, -0.15) is 0 Å². The van der Waals surface area contributed by atoms with E-state index in [1.54, 1.807) is 0 Å². The predicted molar refractivity (Wildman–Crippen MR) is 231 cm³/mol. The molecule has 0 radical (unpaired) electrons. The molecule has 2 amide bonds. The Kier molecular flexibility index (Phi) is 13.0. The van der Waals surface area contributed by atoms with Crippen LogP contribution < -0.4 is 10.6 Å². The molecule has 0 unspecified atom stereocenters. The molecule has 0 saturated heterocycles. The molecule has 296 valence electrons. The lowest BCUT2D eigenvalue weighted by molar-refractivity contribution is -0.150. The summed E-state index contributed by atoms with van der Waals surface area (Å²) in [5, 5.41) is 32.7. The molecule has 0 aliphatic heterocycles. The fourth-order valence-electron chi connectivity index (χ4n) is 8.93. The van der Waals surface area contributed by atoms with E-state index in [2.05, 4.69) is 10.6 Å². The Hall–Kier alpha value is -5.82. The van der Waals surface area contributed by atoms with Crippen LogP contribution in [0, 0.1) is 5.41 Å². The van der Waals surface area contributed by atoms with Crippen molar-refractivity contribution in [3.05, 3.63) is 215 Å². The Morgan fingerprint density at radius 1 is 0.431 bits per heavy atom. The first kappa shape index (κ1) is 40.4. The molecule has 0 bridgehead atoms. The number of nitrogens with one attached hydrogen (secondary N) is 2. The van der Waals surface area contributed by atoms with E-state index in [1.807, 2.05) is 182 Å². The highest BCUT2D eigenvalue weighted by Gasteiger charge is 2.51. The molecule has 2 atom stereocenters. The van der Waals surface area contributed by atoms with Crippen LogP contribution in [0.3, 0.4) is 0 Å². The molecule has 7 rings (SSSR count). The van der Waals surface area contributed by atoms with Crippen LogP contribution in [0.4, 0.5) is 0 Å². The maximum Gasteiger partial charge on any atom is 0.236 e. The summed E-state index contributed by atoms with van der Waals surface area (Å²) in [4.78, 5) is 30.6. The van der Waals surface area contributed by atoms with Gasteiger partial charge < -0.3 is 20.8 Å². The fourth-order valence-corrected chi connectivity index (χ4v) is 8.93. The number of rotatable bonds is 16. The molecule has 1 saturated carbocycles. The van der Waals surface area contributed by atoms with Gasteiger partial charge in [-0.1, -0.05) is 201 Å². The second kappa shape index (κ2) is 18.6. The summed E-state index contributed by atoms with van der Waals surface area (Å²) in [5.74, 6) is -0.834. The number of hydrogen-bond acceptors (Lipinski definition) is 4. The van der Waals surface area contributed by atoms with Crippen LogP contribution in [-0.2, 0) is 35.3 Å². The van der Waals surface area contributed by atoms with Crippen LogP contribution in [-0.4, -0.2) is 33.2 Å². The van der Waals surface area contributed by atoms with Gasteiger partial charge in [0.25, 0.3) is 0 Å². The molecule has 6 aromatic carbocycles. The van der Waals surface area contributed by atoms with E-state index < -0.39 is 40.5 Å². The van der Waals surface area contributed by atoms with E-state index >= 15 is 9.59 Å². The van der Waals surface area contributed by atoms with Crippen LogP contribution >= 0.6 is 0 Å². The van der Waals surface area contributed by atoms with Gasteiger partial charge in [0.05, 0.1) is 23.3 Å². The third kappa shape index (κ3) is 9.64. The zero-order chi connectivity index (χ0) is 40.3. The summed E-state index contributed by atoms with van der Waals surface area (Å²) >= 11 is 0. The van der Waals surface area contributed by atoms with Gasteiger partial charge in [-0.15, -0.1) is 0 Å². The van der Waals surface area contributed by atoms with Gasteiger partial charge in [-0.3, -0.25) is 9.59 Å². The Morgan fingerprint density at radius 3 is 0.966 bits per heavy atom. The van der Waals surface area contributed by atoms with E-state index in [9.17, 15) is 10.2 Å². The molecule has 6 aromatic rings. The molecule has 4 N–H and O–H groups in total. The molecule has 1 aliphatic rings. The average Bonchev–Trinajstić information content (AvgIpc) is 3.26. The molecule has 0 spiro atoms. The van der Waals surface area contributed by atoms with Crippen LogP contribution in [0.15, 0.2) is 182 Å². The van der Waals surface area contributed by atoms with Gasteiger partial charge >= 0.3 is 0 Å². The standard InChI is InChI=1S/C52H54N2O4/c55-48(53-46(44-30-16-5-17-31-44)51(57,36-40-22-8-1-9-23-40)37-41-24-10-2-11-25-41)50(34-20-7-21-35-50)49(56)54-47(45-32-18-6-19-33-45)52(58,38-42-26-12-3-13-27-42)39-43-28-14-4-15-29-43/h1-6,8-19,22-33,46-47,57-58H,7,20-21,34-39H2,(H,53,55)(H,54,56)/t46-,47-/m1/s1. The third-order valence-electron chi connectivity index (χ3n) is 11.9. The summed E-state index contributed by atoms with van der Waals surface area (Å²) in [5.41, 5.74) is 0.850. The van der Waals surface area contributed by atoms with Gasteiger partial charge in [0.15, 0.2) is 0 Å². The first-order chi connectivity index (χ1) is 28.3. The lowest BCUT2D eigenvalue weighted by Crippen LogP contribution is -2.59. The molecule has 0 heterocycles. The van der Waals surface area contributed by atoms with Gasteiger partial charge in [0.1, 0.15) is 5.41 Å². The monoisotopic (exact) mass is 770 g/mol. The Bertz CT molecular complexity index is 1940. The van der Waals surface area contributed by atoms with Crippen LogP contribution in [0.1, 0.15) is 77.6 Å². The van der Waals surface area contributed by atoms with E-state index in [1.165, 1.54) is 0 Å². The van der Waals surface area contributed by atoms with E-state index in [0.717, 1.165) is 39.8 Å². The smallest absolute Gasteiger partial charge is 0.236 e. The summed E-state index contributed by atoms with van der Waals surface area (Å²) in [6.07, 6.45) is 4.07. The normalized spacial score (nSPS) is 15.1. The second-order valence-corrected chi connectivity index (χ2v) is 16.1. The minimum atomic E-state index is -1.47. The Labute approximate surface area is 343 Å². The van der Waals surface area contributed by atoms with Crippen molar-refractivity contribution in [1.29, 1.82) is 0 Å². The van der Waals surface area contributed by atoms with Crippen LogP contribution in [0.25, 0.3) is 0 Å². The number of hydrogen-bond donors (Lipinski definition) is 4. The highest BCUT2D eigenvalue weighted by molar-refractivity contribution is 6.05. The minimum Gasteiger partial charge on any atom is -0.387 e. The zero-order valence-electron chi connectivity index (χ0n) is 33.1. The number of carbonyl (C=O) groups excluding carboxylic acids is 2. The number of aliphatic hydroxyl groups is 2. The molecule has 0 aromatic heterocycles. The van der Waals surface area contributed by atoms with E-state index in [0.29, 0.717) is 25.7 Å². The highest BCUT2D eigenvalue weighted by atomic mass is 16.3. The minimum absolute atomic E-state index is 0.268. The van der Waals surface area contributed by atoms with Crippen molar-refractivity contribution in [2.45, 2.75) is 81.1 Å². The first-order valence-corrected chi connectivity index (χ1v) is 20.6. The molecule has 58 heavy (non-hydrogen) atoms. The first-order valence-electron chi connectivity index (χ1n) is 20.6. The Morgan fingerprint density at radius 2 is 0.690 bits per heavy atom. The van der Waals surface area contributed by atoms with Crippen LogP contribution in [0.2, 0.25) is 0 Å². The quantitative estimate of drug-likeness (QED) is 0.0739. The summed E-state index contributed by atoms with van der Waals surface area (Å²) in [7, 11) is 0. The third-order valence-corrected chi connectivity index (χ3v) is 11.9. The molecule has 1 fully saturated rings. The van der Waals surface area contributed by atoms with Crippen molar-refractivity contribution in [3.8, 4) is 0 Å². The predicted octanol–water partition coefficient (Wildman–Crippen LogP) is 9.08. The van der Waals surface area contributed by atoms with Gasteiger partial charge in [-0.05, 0) is 46.2 Å². The summed E-state index contributed by atoms with van der Waals surface area (Å²) in [6.45, 7) is 0. The number of carbonyl (C=O) groups is 2. The maximum absolute atomic E-state index is 15.3. The lowest BCUT2D eigenvalue weighted by Gasteiger charge is -2.43. The van der Waals surface area contributed by atoms with Crippen molar-refractivity contribution in [2.24, 2.45) is 5.41 Å². The molecular weight excluding hydrogens is 717 g/mol. The second-order valence-electron chi connectivity index (χ2n) is 16.1. The van der Waals surface area contributed by atoms with E-state index in [-0.39, 0.29) is 25.7 Å². The van der Waals surface area contributed by atoms with Crippen molar-refractivity contribution >= 4 is 11.8 Å². The number of benzene rings is 6. The maximum atomic E-state index is 15.3. The van der Waals surface area contributed by atoms with Gasteiger partial charge in [0.2, 0.25) is 11.8 Å². The SMILES string of the molecule is O=C(N[C@H](c1ccccc1)C(O)(Cc1ccccc1)Cc1ccccc1)C1(C(=O)N[C@H](c2ccccc2)C(O)(Cc2ccccc2)Cc2ccccc2)CCCCC1. The topological polar surface area (TPSA) is 98.7 Å². The fraction of sp³-hybridized carbons (Fsp3) is 0.269. The lowest BCUT2D eigenvalue weighted by atomic mass is 9.70. The summed E-state index contributed by atoms with van der Waals surface area (Å²) in [6, 6.07) is 56.8. The largest absolute Gasteiger partial charge is 0.387 e. The van der Waals surface area contributed by atoms with Crippen molar-refractivity contribution in [2.75, 3.05) is 0 Å². The zero-order valence-corrected chi connectivity index (χ0v) is 33.1.